The predicted molar refractivity (Wildman–Crippen MR) is 78.4 cm³/mol. The molecular formula is C15H23N5. The molecule has 1 saturated heterocycles. The largest absolute Gasteiger partial charge is 0.298 e. The lowest BCUT2D eigenvalue weighted by Gasteiger charge is -2.31. The van der Waals surface area contributed by atoms with Gasteiger partial charge in [0, 0.05) is 49.2 Å². The highest BCUT2D eigenvalue weighted by Gasteiger charge is 2.22. The first-order valence-electron chi connectivity index (χ1n) is 7.58. The maximum Gasteiger partial charge on any atom is 0.0534 e. The Balaban J connectivity index is 1.59. The molecule has 20 heavy (non-hydrogen) atoms. The summed E-state index contributed by atoms with van der Waals surface area (Å²) in [7, 11) is 0. The van der Waals surface area contributed by atoms with Crippen LogP contribution in [0.25, 0.3) is 0 Å². The minimum atomic E-state index is 0.594. The zero-order chi connectivity index (χ0) is 13.8. The number of rotatable bonds is 5. The van der Waals surface area contributed by atoms with Crippen molar-refractivity contribution in [2.75, 3.05) is 13.1 Å². The third-order valence-corrected chi connectivity index (χ3v) is 4.01. The van der Waals surface area contributed by atoms with Crippen LogP contribution in [0, 0.1) is 0 Å². The lowest BCUT2D eigenvalue weighted by molar-refractivity contribution is 0.198. The van der Waals surface area contributed by atoms with Crippen LogP contribution in [0.4, 0.5) is 0 Å². The maximum atomic E-state index is 4.41. The molecule has 1 fully saturated rings. The smallest absolute Gasteiger partial charge is 0.0534 e. The summed E-state index contributed by atoms with van der Waals surface area (Å²) >= 11 is 0. The molecular weight excluding hydrogens is 250 g/mol. The fourth-order valence-electron chi connectivity index (χ4n) is 3.04. The highest BCUT2D eigenvalue weighted by molar-refractivity contribution is 5.09. The summed E-state index contributed by atoms with van der Waals surface area (Å²) in [6.45, 7) is 6.50. The Hall–Kier alpha value is -1.62. The van der Waals surface area contributed by atoms with Crippen molar-refractivity contribution >= 4 is 0 Å². The third kappa shape index (κ3) is 3.10. The van der Waals surface area contributed by atoms with Crippen LogP contribution in [0.3, 0.4) is 0 Å². The second-order valence-corrected chi connectivity index (χ2v) is 5.70. The number of hydrogen-bond acceptors (Lipinski definition) is 3. The fraction of sp³-hybridized carbons (Fsp3) is 0.600. The molecule has 0 aromatic carbocycles. The standard InChI is InChI=1S/C15H23N5/c1-2-7-20-11-13(9-17-20)10-19-8-3-4-14(12-19)15-5-6-16-18-15/h5-6,9,11,14H,2-4,7-8,10,12H2,1H3,(H,16,18)/t14-/m1/s1. The molecule has 1 N–H and O–H groups in total. The van der Waals surface area contributed by atoms with Gasteiger partial charge in [0.05, 0.1) is 6.20 Å². The van der Waals surface area contributed by atoms with Crippen molar-refractivity contribution in [3.63, 3.8) is 0 Å². The molecule has 5 nitrogen and oxygen atoms in total. The van der Waals surface area contributed by atoms with E-state index in [-0.39, 0.29) is 0 Å². The monoisotopic (exact) mass is 273 g/mol. The van der Waals surface area contributed by atoms with Crippen molar-refractivity contribution in [1.29, 1.82) is 0 Å². The molecule has 3 heterocycles. The number of piperidine rings is 1. The van der Waals surface area contributed by atoms with E-state index in [4.69, 9.17) is 0 Å². The zero-order valence-corrected chi connectivity index (χ0v) is 12.1. The van der Waals surface area contributed by atoms with Crippen LogP contribution in [0.5, 0.6) is 0 Å². The van der Waals surface area contributed by atoms with Gasteiger partial charge in [0.15, 0.2) is 0 Å². The second-order valence-electron chi connectivity index (χ2n) is 5.70. The Labute approximate surface area is 120 Å². The van der Waals surface area contributed by atoms with Crippen LogP contribution in [0.1, 0.15) is 43.4 Å². The van der Waals surface area contributed by atoms with Gasteiger partial charge < -0.3 is 0 Å². The third-order valence-electron chi connectivity index (χ3n) is 4.01. The minimum absolute atomic E-state index is 0.594. The van der Waals surface area contributed by atoms with Crippen molar-refractivity contribution in [2.45, 2.75) is 45.2 Å². The molecule has 2 aromatic rings. The van der Waals surface area contributed by atoms with Gasteiger partial charge in [0.2, 0.25) is 0 Å². The highest BCUT2D eigenvalue weighted by atomic mass is 15.3. The molecule has 0 spiro atoms. The van der Waals surface area contributed by atoms with Gasteiger partial charge in [-0.2, -0.15) is 10.2 Å². The minimum Gasteiger partial charge on any atom is -0.298 e. The molecule has 1 aliphatic heterocycles. The number of likely N-dealkylation sites (tertiary alicyclic amines) is 1. The van der Waals surface area contributed by atoms with E-state index >= 15 is 0 Å². The Morgan fingerprint density at radius 3 is 3.20 bits per heavy atom. The van der Waals surface area contributed by atoms with Crippen LogP contribution in [-0.4, -0.2) is 38.0 Å². The van der Waals surface area contributed by atoms with Gasteiger partial charge in [-0.3, -0.25) is 14.7 Å². The average molecular weight is 273 g/mol. The molecule has 1 atom stereocenters. The summed E-state index contributed by atoms with van der Waals surface area (Å²) in [6.07, 6.45) is 9.69. The molecule has 0 aliphatic carbocycles. The lowest BCUT2D eigenvalue weighted by atomic mass is 9.95. The lowest BCUT2D eigenvalue weighted by Crippen LogP contribution is -2.33. The van der Waals surface area contributed by atoms with Gasteiger partial charge in [0.1, 0.15) is 0 Å². The molecule has 0 saturated carbocycles. The van der Waals surface area contributed by atoms with Gasteiger partial charge in [-0.15, -0.1) is 0 Å². The van der Waals surface area contributed by atoms with Crippen LogP contribution < -0.4 is 0 Å². The Morgan fingerprint density at radius 1 is 1.45 bits per heavy atom. The number of H-pyrrole nitrogens is 1. The van der Waals surface area contributed by atoms with E-state index in [9.17, 15) is 0 Å². The molecule has 3 rings (SSSR count). The van der Waals surface area contributed by atoms with Gasteiger partial charge in [-0.1, -0.05) is 6.92 Å². The van der Waals surface area contributed by atoms with E-state index in [1.807, 2.05) is 17.1 Å². The van der Waals surface area contributed by atoms with Crippen molar-refractivity contribution in [3.05, 3.63) is 35.9 Å². The molecule has 5 heteroatoms. The van der Waals surface area contributed by atoms with E-state index in [1.54, 1.807) is 0 Å². The van der Waals surface area contributed by atoms with E-state index in [0.717, 1.165) is 26.1 Å². The van der Waals surface area contributed by atoms with Crippen molar-refractivity contribution in [3.8, 4) is 0 Å². The van der Waals surface area contributed by atoms with E-state index < -0.39 is 0 Å². The van der Waals surface area contributed by atoms with Crippen molar-refractivity contribution in [1.82, 2.24) is 24.9 Å². The quantitative estimate of drug-likeness (QED) is 0.910. The van der Waals surface area contributed by atoms with Gasteiger partial charge in [-0.05, 0) is 31.9 Å². The van der Waals surface area contributed by atoms with E-state index in [2.05, 4.69) is 39.4 Å². The average Bonchev–Trinajstić information content (AvgIpc) is 3.11. The molecule has 0 radical (unpaired) electrons. The SMILES string of the molecule is CCCn1cc(CN2CCC[C@@H](c3ccn[nH]3)C2)cn1. The number of aryl methyl sites for hydroxylation is 1. The van der Waals surface area contributed by atoms with Gasteiger partial charge in [0.25, 0.3) is 0 Å². The zero-order valence-electron chi connectivity index (χ0n) is 12.1. The number of nitrogens with zero attached hydrogens (tertiary/aromatic N) is 4. The number of hydrogen-bond donors (Lipinski definition) is 1. The Kier molecular flexibility index (Phi) is 4.16. The molecule has 0 bridgehead atoms. The number of aromatic amines is 1. The maximum absolute atomic E-state index is 4.41. The summed E-state index contributed by atoms with van der Waals surface area (Å²) in [5.41, 5.74) is 2.60. The van der Waals surface area contributed by atoms with Crippen molar-refractivity contribution < 1.29 is 0 Å². The van der Waals surface area contributed by atoms with Gasteiger partial charge in [-0.25, -0.2) is 0 Å². The summed E-state index contributed by atoms with van der Waals surface area (Å²) < 4.78 is 2.05. The predicted octanol–water partition coefficient (Wildman–Crippen LogP) is 2.40. The summed E-state index contributed by atoms with van der Waals surface area (Å²) in [5, 5.41) is 11.6. The summed E-state index contributed by atoms with van der Waals surface area (Å²) in [6, 6.07) is 2.10. The Morgan fingerprint density at radius 2 is 2.40 bits per heavy atom. The van der Waals surface area contributed by atoms with Crippen LogP contribution in [-0.2, 0) is 13.1 Å². The normalized spacial score (nSPS) is 20.4. The van der Waals surface area contributed by atoms with Gasteiger partial charge >= 0.3 is 0 Å². The van der Waals surface area contributed by atoms with Crippen LogP contribution in [0.2, 0.25) is 0 Å². The van der Waals surface area contributed by atoms with E-state index in [1.165, 1.54) is 30.6 Å². The summed E-state index contributed by atoms with van der Waals surface area (Å²) in [4.78, 5) is 2.53. The first-order chi connectivity index (χ1) is 9.85. The number of nitrogens with one attached hydrogen (secondary N) is 1. The van der Waals surface area contributed by atoms with E-state index in [0.29, 0.717) is 5.92 Å². The first kappa shape index (κ1) is 13.4. The fourth-order valence-corrected chi connectivity index (χ4v) is 3.04. The molecule has 1 aliphatic rings. The molecule has 2 aromatic heterocycles. The van der Waals surface area contributed by atoms with Crippen LogP contribution in [0.15, 0.2) is 24.7 Å². The summed E-state index contributed by atoms with van der Waals surface area (Å²) in [5.74, 6) is 0.594. The Bertz CT molecular complexity index is 516. The van der Waals surface area contributed by atoms with Crippen molar-refractivity contribution in [2.24, 2.45) is 0 Å². The second kappa shape index (κ2) is 6.22. The topological polar surface area (TPSA) is 49.7 Å². The van der Waals surface area contributed by atoms with Crippen LogP contribution >= 0.6 is 0 Å². The highest BCUT2D eigenvalue weighted by Crippen LogP contribution is 2.26. The first-order valence-corrected chi connectivity index (χ1v) is 7.58. The molecule has 0 unspecified atom stereocenters. The molecule has 0 amide bonds. The number of aromatic nitrogens is 4. The molecule has 108 valence electrons.